The van der Waals surface area contributed by atoms with Crippen molar-refractivity contribution in [2.45, 2.75) is 12.5 Å². The van der Waals surface area contributed by atoms with Gasteiger partial charge >= 0.3 is 0 Å². The smallest absolute Gasteiger partial charge is 0.0950 e. The lowest BCUT2D eigenvalue weighted by atomic mass is 10.0. The van der Waals surface area contributed by atoms with Gasteiger partial charge in [-0.15, -0.1) is 0 Å². The Morgan fingerprint density at radius 2 is 2.24 bits per heavy atom. The Bertz CT molecular complexity index is 484. The SMILES string of the molecule is CNC(Cc1ccc(Br)cc1Cl)c1ccoc1. The van der Waals surface area contributed by atoms with Crippen molar-refractivity contribution in [2.24, 2.45) is 0 Å². The van der Waals surface area contributed by atoms with Crippen LogP contribution in [0.4, 0.5) is 0 Å². The Morgan fingerprint density at radius 1 is 1.41 bits per heavy atom. The summed E-state index contributed by atoms with van der Waals surface area (Å²) in [5.41, 5.74) is 2.25. The molecule has 1 atom stereocenters. The lowest BCUT2D eigenvalue weighted by molar-refractivity contribution is 0.542. The van der Waals surface area contributed by atoms with Crippen LogP contribution in [0, 0.1) is 0 Å². The molecule has 0 spiro atoms. The third-order valence-corrected chi connectivity index (χ3v) is 3.58. The van der Waals surface area contributed by atoms with Crippen LogP contribution in [0.25, 0.3) is 0 Å². The maximum absolute atomic E-state index is 6.21. The van der Waals surface area contributed by atoms with Crippen LogP contribution in [0.1, 0.15) is 17.2 Å². The van der Waals surface area contributed by atoms with E-state index >= 15 is 0 Å². The van der Waals surface area contributed by atoms with Crippen LogP contribution < -0.4 is 5.32 Å². The van der Waals surface area contributed by atoms with E-state index in [2.05, 4.69) is 21.2 Å². The van der Waals surface area contributed by atoms with Crippen LogP contribution in [0.15, 0.2) is 45.7 Å². The number of halogens is 2. The van der Waals surface area contributed by atoms with Crippen LogP contribution >= 0.6 is 27.5 Å². The largest absolute Gasteiger partial charge is 0.472 e. The van der Waals surface area contributed by atoms with E-state index in [0.717, 1.165) is 27.0 Å². The fourth-order valence-corrected chi connectivity index (χ4v) is 2.52. The molecule has 4 heteroatoms. The zero-order valence-corrected chi connectivity index (χ0v) is 11.8. The van der Waals surface area contributed by atoms with Crippen LogP contribution in [0.3, 0.4) is 0 Å². The Labute approximate surface area is 114 Å². The molecule has 0 saturated carbocycles. The molecule has 1 N–H and O–H groups in total. The van der Waals surface area contributed by atoms with Gasteiger partial charge in [-0.2, -0.15) is 0 Å². The van der Waals surface area contributed by atoms with Crippen molar-refractivity contribution in [3.05, 3.63) is 57.4 Å². The van der Waals surface area contributed by atoms with Crippen molar-refractivity contribution in [3.63, 3.8) is 0 Å². The number of benzene rings is 1. The Balaban J connectivity index is 2.19. The molecule has 2 aromatic rings. The predicted molar refractivity (Wildman–Crippen MR) is 73.4 cm³/mol. The summed E-state index contributed by atoms with van der Waals surface area (Å²) in [6.45, 7) is 0. The molecule has 0 amide bonds. The quantitative estimate of drug-likeness (QED) is 0.915. The molecule has 90 valence electrons. The molecule has 1 heterocycles. The molecular weight excluding hydrogens is 302 g/mol. The summed E-state index contributed by atoms with van der Waals surface area (Å²) in [6.07, 6.45) is 4.28. The zero-order valence-electron chi connectivity index (χ0n) is 9.41. The van der Waals surface area contributed by atoms with Crippen LogP contribution in [0.2, 0.25) is 5.02 Å². The van der Waals surface area contributed by atoms with Gasteiger partial charge < -0.3 is 9.73 Å². The van der Waals surface area contributed by atoms with Crippen LogP contribution in [-0.2, 0) is 6.42 Å². The van der Waals surface area contributed by atoms with Crippen molar-refractivity contribution in [1.29, 1.82) is 0 Å². The van der Waals surface area contributed by atoms with E-state index in [1.807, 2.05) is 31.3 Å². The fourth-order valence-electron chi connectivity index (χ4n) is 1.77. The van der Waals surface area contributed by atoms with Crippen molar-refractivity contribution < 1.29 is 4.42 Å². The maximum Gasteiger partial charge on any atom is 0.0950 e. The number of rotatable bonds is 4. The zero-order chi connectivity index (χ0) is 12.3. The number of hydrogen-bond donors (Lipinski definition) is 1. The van der Waals surface area contributed by atoms with E-state index in [9.17, 15) is 0 Å². The van der Waals surface area contributed by atoms with E-state index in [0.29, 0.717) is 0 Å². The van der Waals surface area contributed by atoms with E-state index in [4.69, 9.17) is 16.0 Å². The highest BCUT2D eigenvalue weighted by Gasteiger charge is 2.13. The fraction of sp³-hybridized carbons (Fsp3) is 0.231. The lowest BCUT2D eigenvalue weighted by Gasteiger charge is -2.15. The maximum atomic E-state index is 6.21. The average molecular weight is 315 g/mol. The second-order valence-corrected chi connectivity index (χ2v) is 5.16. The highest BCUT2D eigenvalue weighted by Crippen LogP contribution is 2.26. The van der Waals surface area contributed by atoms with Gasteiger partial charge in [0.25, 0.3) is 0 Å². The number of likely N-dealkylation sites (N-methyl/N-ethyl adjacent to an activating group) is 1. The molecule has 0 aliphatic rings. The minimum absolute atomic E-state index is 0.215. The molecule has 17 heavy (non-hydrogen) atoms. The number of nitrogens with one attached hydrogen (secondary N) is 1. The Morgan fingerprint density at radius 3 is 2.82 bits per heavy atom. The van der Waals surface area contributed by atoms with E-state index in [1.54, 1.807) is 12.5 Å². The third-order valence-electron chi connectivity index (χ3n) is 2.73. The minimum atomic E-state index is 0.215. The summed E-state index contributed by atoms with van der Waals surface area (Å²) in [4.78, 5) is 0. The third kappa shape index (κ3) is 3.12. The van der Waals surface area contributed by atoms with Crippen LogP contribution in [0.5, 0.6) is 0 Å². The normalized spacial score (nSPS) is 12.6. The summed E-state index contributed by atoms with van der Waals surface area (Å²) in [5, 5.41) is 4.05. The van der Waals surface area contributed by atoms with Crippen LogP contribution in [-0.4, -0.2) is 7.05 Å². The topological polar surface area (TPSA) is 25.2 Å². The summed E-state index contributed by atoms with van der Waals surface area (Å²) in [5.74, 6) is 0. The Kier molecular flexibility index (Phi) is 4.26. The van der Waals surface area contributed by atoms with Gasteiger partial charge in [-0.1, -0.05) is 33.6 Å². The molecule has 0 aliphatic heterocycles. The number of furan rings is 1. The van der Waals surface area contributed by atoms with Crippen molar-refractivity contribution >= 4 is 27.5 Å². The van der Waals surface area contributed by atoms with Gasteiger partial charge in [0.2, 0.25) is 0 Å². The van der Waals surface area contributed by atoms with E-state index < -0.39 is 0 Å². The van der Waals surface area contributed by atoms with Gasteiger partial charge in [-0.05, 0) is 37.2 Å². The summed E-state index contributed by atoms with van der Waals surface area (Å²) in [7, 11) is 1.93. The molecule has 0 radical (unpaired) electrons. The molecule has 0 fully saturated rings. The van der Waals surface area contributed by atoms with Gasteiger partial charge in [-0.3, -0.25) is 0 Å². The predicted octanol–water partition coefficient (Wildman–Crippen LogP) is 4.20. The summed E-state index contributed by atoms with van der Waals surface area (Å²) in [6, 6.07) is 8.14. The standard InChI is InChI=1S/C13H13BrClNO/c1-16-13(10-4-5-17-8-10)6-9-2-3-11(14)7-12(9)15/h2-5,7-8,13,16H,6H2,1H3. The summed E-state index contributed by atoms with van der Waals surface area (Å²) >= 11 is 9.61. The van der Waals surface area contributed by atoms with Gasteiger partial charge in [-0.25, -0.2) is 0 Å². The molecule has 0 bridgehead atoms. The lowest BCUT2D eigenvalue weighted by Crippen LogP contribution is -2.18. The van der Waals surface area contributed by atoms with E-state index in [1.165, 1.54) is 0 Å². The number of hydrogen-bond acceptors (Lipinski definition) is 2. The molecule has 1 unspecified atom stereocenters. The molecule has 1 aromatic carbocycles. The Hall–Kier alpha value is -0.770. The minimum Gasteiger partial charge on any atom is -0.472 e. The first-order valence-corrected chi connectivity index (χ1v) is 6.51. The molecular formula is C13H13BrClNO. The second-order valence-electron chi connectivity index (χ2n) is 3.84. The van der Waals surface area contributed by atoms with Gasteiger partial charge in [0.05, 0.1) is 12.5 Å². The molecule has 0 saturated heterocycles. The molecule has 0 aliphatic carbocycles. The highest BCUT2D eigenvalue weighted by molar-refractivity contribution is 9.10. The summed E-state index contributed by atoms with van der Waals surface area (Å²) < 4.78 is 6.10. The first-order valence-electron chi connectivity index (χ1n) is 5.34. The average Bonchev–Trinajstić information content (AvgIpc) is 2.81. The monoisotopic (exact) mass is 313 g/mol. The highest BCUT2D eigenvalue weighted by atomic mass is 79.9. The van der Waals surface area contributed by atoms with Gasteiger partial charge in [0.1, 0.15) is 0 Å². The van der Waals surface area contributed by atoms with Gasteiger partial charge in [0.15, 0.2) is 0 Å². The van der Waals surface area contributed by atoms with Crippen molar-refractivity contribution in [3.8, 4) is 0 Å². The first-order chi connectivity index (χ1) is 8.20. The second kappa shape index (κ2) is 5.71. The van der Waals surface area contributed by atoms with Gasteiger partial charge in [0, 0.05) is 21.1 Å². The van der Waals surface area contributed by atoms with E-state index in [-0.39, 0.29) is 6.04 Å². The first kappa shape index (κ1) is 12.7. The van der Waals surface area contributed by atoms with Crippen molar-refractivity contribution in [2.75, 3.05) is 7.05 Å². The molecule has 2 nitrogen and oxygen atoms in total. The molecule has 1 aromatic heterocycles. The van der Waals surface area contributed by atoms with Crippen molar-refractivity contribution in [1.82, 2.24) is 5.32 Å². The molecule has 2 rings (SSSR count).